The lowest BCUT2D eigenvalue weighted by Gasteiger charge is -2.30. The van der Waals surface area contributed by atoms with Gasteiger partial charge >= 0.3 is 6.09 Å². The van der Waals surface area contributed by atoms with Crippen LogP contribution in [0.5, 0.6) is 0 Å². The molecule has 24 heavy (non-hydrogen) atoms. The number of nitrogens with one attached hydrogen (secondary N) is 3. The van der Waals surface area contributed by atoms with Crippen LogP contribution in [0.25, 0.3) is 0 Å². The van der Waals surface area contributed by atoms with Crippen LogP contribution in [0.15, 0.2) is 4.99 Å². The molecule has 1 atom stereocenters. The van der Waals surface area contributed by atoms with E-state index in [4.69, 9.17) is 4.74 Å². The second kappa shape index (κ2) is 10.4. The van der Waals surface area contributed by atoms with E-state index >= 15 is 0 Å². The van der Waals surface area contributed by atoms with Crippen molar-refractivity contribution in [3.63, 3.8) is 0 Å². The monoisotopic (exact) mass is 341 g/mol. The molecule has 0 aliphatic carbocycles. The summed E-state index contributed by atoms with van der Waals surface area (Å²) in [5.74, 6) is 1.56. The van der Waals surface area contributed by atoms with Gasteiger partial charge in [0.15, 0.2) is 5.96 Å². The van der Waals surface area contributed by atoms with Crippen LogP contribution in [0.2, 0.25) is 0 Å². The smallest absolute Gasteiger partial charge is 0.407 e. The Morgan fingerprint density at radius 1 is 1.21 bits per heavy atom. The maximum Gasteiger partial charge on any atom is 0.407 e. The van der Waals surface area contributed by atoms with Gasteiger partial charge in [-0.2, -0.15) is 0 Å². The van der Waals surface area contributed by atoms with Crippen LogP contribution in [0.3, 0.4) is 0 Å². The molecule has 1 rings (SSSR count). The number of nitrogens with zero attached hydrogens (tertiary/aromatic N) is 2. The Bertz CT molecular complexity index is 406. The molecule has 0 spiro atoms. The molecule has 1 aliphatic heterocycles. The Morgan fingerprint density at radius 2 is 1.88 bits per heavy atom. The zero-order valence-electron chi connectivity index (χ0n) is 15.9. The standard InChI is InChI=1S/C17H35N5O2/c1-14-7-6-11-22(13-14)12-10-20-15(18-5)19-8-9-21-16(23)24-17(2,3)4/h14H,6-13H2,1-5H3,(H,21,23)(H2,18,19,20). The number of alkyl carbamates (subject to hydrolysis) is 1. The van der Waals surface area contributed by atoms with Crippen molar-refractivity contribution < 1.29 is 9.53 Å². The predicted molar refractivity (Wildman–Crippen MR) is 98.4 cm³/mol. The minimum Gasteiger partial charge on any atom is -0.444 e. The van der Waals surface area contributed by atoms with Gasteiger partial charge in [0.05, 0.1) is 0 Å². The van der Waals surface area contributed by atoms with E-state index in [1.165, 1.54) is 25.9 Å². The van der Waals surface area contributed by atoms with E-state index in [0.29, 0.717) is 13.1 Å². The second-order valence-corrected chi connectivity index (χ2v) is 7.40. The van der Waals surface area contributed by atoms with Crippen LogP contribution in [0.4, 0.5) is 4.79 Å². The molecular weight excluding hydrogens is 306 g/mol. The largest absolute Gasteiger partial charge is 0.444 e. The molecule has 0 bridgehead atoms. The Hall–Kier alpha value is -1.50. The molecule has 1 fully saturated rings. The van der Waals surface area contributed by atoms with E-state index in [9.17, 15) is 4.79 Å². The van der Waals surface area contributed by atoms with Gasteiger partial charge in [-0.25, -0.2) is 4.79 Å². The van der Waals surface area contributed by atoms with Crippen LogP contribution < -0.4 is 16.0 Å². The molecular formula is C17H35N5O2. The average molecular weight is 342 g/mol. The van der Waals surface area contributed by atoms with Crippen molar-refractivity contribution in [2.75, 3.05) is 46.3 Å². The molecule has 0 aromatic rings. The van der Waals surface area contributed by atoms with Gasteiger partial charge in [0.1, 0.15) is 5.60 Å². The molecule has 1 saturated heterocycles. The van der Waals surface area contributed by atoms with Gasteiger partial charge < -0.3 is 25.6 Å². The number of aliphatic imine (C=N–C) groups is 1. The number of ether oxygens (including phenoxy) is 1. The van der Waals surface area contributed by atoms with Gasteiger partial charge in [0.2, 0.25) is 0 Å². The average Bonchev–Trinajstić information content (AvgIpc) is 2.48. The highest BCUT2D eigenvalue weighted by molar-refractivity contribution is 5.79. The van der Waals surface area contributed by atoms with Crippen LogP contribution in [-0.4, -0.2) is 68.9 Å². The number of carbonyl (C=O) groups excluding carboxylic acids is 1. The SMILES string of the molecule is CN=C(NCCNC(=O)OC(C)(C)C)NCCN1CCCC(C)C1. The first-order chi connectivity index (χ1) is 11.3. The first kappa shape index (κ1) is 20.5. The third kappa shape index (κ3) is 9.60. The molecule has 1 amide bonds. The van der Waals surface area contributed by atoms with E-state index in [2.05, 4.69) is 32.8 Å². The summed E-state index contributed by atoms with van der Waals surface area (Å²) in [7, 11) is 1.75. The highest BCUT2D eigenvalue weighted by atomic mass is 16.6. The number of guanidine groups is 1. The van der Waals surface area contributed by atoms with E-state index in [0.717, 1.165) is 25.0 Å². The van der Waals surface area contributed by atoms with E-state index < -0.39 is 11.7 Å². The Kier molecular flexibility index (Phi) is 8.89. The first-order valence-corrected chi connectivity index (χ1v) is 8.94. The van der Waals surface area contributed by atoms with Crippen LogP contribution in [0.1, 0.15) is 40.5 Å². The lowest BCUT2D eigenvalue weighted by atomic mass is 10.0. The summed E-state index contributed by atoms with van der Waals surface area (Å²) < 4.78 is 5.18. The molecule has 1 heterocycles. The van der Waals surface area contributed by atoms with Gasteiger partial charge in [-0.3, -0.25) is 4.99 Å². The zero-order valence-corrected chi connectivity index (χ0v) is 15.9. The number of piperidine rings is 1. The van der Waals surface area contributed by atoms with Crippen LogP contribution in [0, 0.1) is 5.92 Å². The van der Waals surface area contributed by atoms with E-state index in [1.54, 1.807) is 7.05 Å². The van der Waals surface area contributed by atoms with E-state index in [-0.39, 0.29) is 0 Å². The lowest BCUT2D eigenvalue weighted by Crippen LogP contribution is -2.45. The third-order valence-corrected chi connectivity index (χ3v) is 3.77. The molecule has 7 nitrogen and oxygen atoms in total. The number of rotatable bonds is 6. The fraction of sp³-hybridized carbons (Fsp3) is 0.882. The van der Waals surface area contributed by atoms with Crippen molar-refractivity contribution in [1.82, 2.24) is 20.9 Å². The molecule has 1 unspecified atom stereocenters. The summed E-state index contributed by atoms with van der Waals surface area (Å²) >= 11 is 0. The Balaban J connectivity index is 2.11. The van der Waals surface area contributed by atoms with Crippen molar-refractivity contribution in [1.29, 1.82) is 0 Å². The number of hydrogen-bond acceptors (Lipinski definition) is 4. The summed E-state index contributed by atoms with van der Waals surface area (Å²) in [4.78, 5) is 18.2. The highest BCUT2D eigenvalue weighted by Gasteiger charge is 2.16. The van der Waals surface area contributed by atoms with Crippen molar-refractivity contribution in [3.8, 4) is 0 Å². The summed E-state index contributed by atoms with van der Waals surface area (Å²) in [6, 6.07) is 0. The Labute approximate surface area is 146 Å². The Morgan fingerprint density at radius 3 is 2.50 bits per heavy atom. The molecule has 0 aromatic carbocycles. The quantitative estimate of drug-likeness (QED) is 0.387. The third-order valence-electron chi connectivity index (χ3n) is 3.77. The highest BCUT2D eigenvalue weighted by Crippen LogP contribution is 2.14. The van der Waals surface area contributed by atoms with Crippen molar-refractivity contribution >= 4 is 12.1 Å². The van der Waals surface area contributed by atoms with E-state index in [1.807, 2.05) is 20.8 Å². The van der Waals surface area contributed by atoms with Crippen LogP contribution >= 0.6 is 0 Å². The number of amides is 1. The topological polar surface area (TPSA) is 78.0 Å². The molecule has 7 heteroatoms. The predicted octanol–water partition coefficient (Wildman–Crippen LogP) is 1.41. The van der Waals surface area contributed by atoms with Gasteiger partial charge in [-0.1, -0.05) is 6.92 Å². The lowest BCUT2D eigenvalue weighted by molar-refractivity contribution is 0.0529. The number of carbonyl (C=O) groups is 1. The van der Waals surface area contributed by atoms with Crippen molar-refractivity contribution in [2.24, 2.45) is 10.9 Å². The van der Waals surface area contributed by atoms with Gasteiger partial charge in [-0.05, 0) is 46.1 Å². The summed E-state index contributed by atoms with van der Waals surface area (Å²) in [5, 5.41) is 9.21. The normalized spacial score (nSPS) is 19.7. The van der Waals surface area contributed by atoms with Gasteiger partial charge in [0.25, 0.3) is 0 Å². The second-order valence-electron chi connectivity index (χ2n) is 7.40. The van der Waals surface area contributed by atoms with Crippen molar-refractivity contribution in [3.05, 3.63) is 0 Å². The number of likely N-dealkylation sites (tertiary alicyclic amines) is 1. The molecule has 0 radical (unpaired) electrons. The minimum absolute atomic E-state index is 0.397. The summed E-state index contributed by atoms with van der Waals surface area (Å²) in [6.45, 7) is 13.2. The zero-order chi connectivity index (χ0) is 18.0. The fourth-order valence-corrected chi connectivity index (χ4v) is 2.70. The molecule has 1 aliphatic rings. The van der Waals surface area contributed by atoms with Gasteiger partial charge in [0, 0.05) is 39.8 Å². The first-order valence-electron chi connectivity index (χ1n) is 8.94. The summed E-state index contributed by atoms with van der Waals surface area (Å²) in [5.41, 5.74) is -0.471. The summed E-state index contributed by atoms with van der Waals surface area (Å²) in [6.07, 6.45) is 2.24. The maximum atomic E-state index is 11.5. The minimum atomic E-state index is -0.471. The molecule has 140 valence electrons. The van der Waals surface area contributed by atoms with Crippen LogP contribution in [-0.2, 0) is 4.74 Å². The number of hydrogen-bond donors (Lipinski definition) is 3. The molecule has 0 aromatic heterocycles. The maximum absolute atomic E-state index is 11.5. The fourth-order valence-electron chi connectivity index (χ4n) is 2.70. The van der Waals surface area contributed by atoms with Gasteiger partial charge in [-0.15, -0.1) is 0 Å². The molecule has 3 N–H and O–H groups in total. The van der Waals surface area contributed by atoms with Crippen molar-refractivity contribution in [2.45, 2.75) is 46.1 Å². The molecule has 0 saturated carbocycles.